The van der Waals surface area contributed by atoms with Crippen molar-refractivity contribution in [1.82, 2.24) is 10.2 Å². The largest absolute Gasteiger partial charge is 0.451 e. The fourth-order valence-corrected chi connectivity index (χ4v) is 4.09. The third-order valence-electron chi connectivity index (χ3n) is 5.70. The molecule has 0 radical (unpaired) electrons. The molecule has 33 heavy (non-hydrogen) atoms. The van der Waals surface area contributed by atoms with Gasteiger partial charge in [-0.25, -0.2) is 0 Å². The van der Waals surface area contributed by atoms with E-state index in [4.69, 9.17) is 16.6 Å². The van der Waals surface area contributed by atoms with Crippen molar-refractivity contribution < 1.29 is 14.0 Å². The summed E-state index contributed by atoms with van der Waals surface area (Å²) < 4.78 is 5.73. The van der Waals surface area contributed by atoms with E-state index in [9.17, 15) is 9.59 Å². The molecule has 0 atom stereocenters. The maximum absolute atomic E-state index is 12.9. The number of furan rings is 1. The lowest BCUT2D eigenvalue weighted by Gasteiger charge is -2.35. The first-order chi connectivity index (χ1) is 16.0. The summed E-state index contributed by atoms with van der Waals surface area (Å²) in [6, 6.07) is 17.4. The van der Waals surface area contributed by atoms with Crippen LogP contribution < -0.4 is 15.5 Å². The van der Waals surface area contributed by atoms with Crippen LogP contribution in [0, 0.1) is 0 Å². The molecule has 8 heteroatoms. The van der Waals surface area contributed by atoms with E-state index in [0.717, 1.165) is 48.3 Å². The Labute approximate surface area is 198 Å². The molecule has 0 bridgehead atoms. The standard InChI is InChI=1S/C25H28N4O3S/c1-2-3-8-23(30)27-25(33)26-19-9-11-20(12-10-19)28-13-15-29(16-14-28)24(31)22-17-18-6-4-5-7-21(18)32-22/h4-7,9-12,17H,2-3,8,13-16H2,1H3,(H2,26,27,30,33). The number of anilines is 2. The van der Waals surface area contributed by atoms with Gasteiger partial charge in [-0.2, -0.15) is 0 Å². The molecule has 1 aliphatic heterocycles. The number of rotatable bonds is 6. The smallest absolute Gasteiger partial charge is 0.289 e. The number of hydrogen-bond donors (Lipinski definition) is 2. The summed E-state index contributed by atoms with van der Waals surface area (Å²) in [7, 11) is 0. The molecule has 0 saturated carbocycles. The number of fused-ring (bicyclic) bond motifs is 1. The summed E-state index contributed by atoms with van der Waals surface area (Å²) in [5.41, 5.74) is 2.63. The Bertz CT molecular complexity index is 1100. The maximum Gasteiger partial charge on any atom is 0.289 e. The molecule has 1 saturated heterocycles. The van der Waals surface area contributed by atoms with Crippen LogP contribution in [0.3, 0.4) is 0 Å². The lowest BCUT2D eigenvalue weighted by Crippen LogP contribution is -2.48. The molecular weight excluding hydrogens is 436 g/mol. The highest BCUT2D eigenvalue weighted by atomic mass is 32.1. The lowest BCUT2D eigenvalue weighted by molar-refractivity contribution is -0.119. The average molecular weight is 465 g/mol. The SMILES string of the molecule is CCCCC(=O)NC(=S)Nc1ccc(N2CCN(C(=O)c3cc4ccccc4o3)CC2)cc1. The summed E-state index contributed by atoms with van der Waals surface area (Å²) in [4.78, 5) is 28.7. The van der Waals surface area contributed by atoms with E-state index in [0.29, 0.717) is 30.4 Å². The first-order valence-electron chi connectivity index (χ1n) is 11.3. The Kier molecular flexibility index (Phi) is 7.24. The number of carbonyl (C=O) groups is 2. The summed E-state index contributed by atoms with van der Waals surface area (Å²) in [6.07, 6.45) is 2.29. The first-order valence-corrected chi connectivity index (χ1v) is 11.7. The van der Waals surface area contributed by atoms with Crippen molar-refractivity contribution in [3.8, 4) is 0 Å². The molecule has 7 nitrogen and oxygen atoms in total. The van der Waals surface area contributed by atoms with Crippen LogP contribution in [0.15, 0.2) is 59.0 Å². The fourth-order valence-electron chi connectivity index (χ4n) is 3.86. The molecule has 172 valence electrons. The quantitative estimate of drug-likeness (QED) is 0.527. The zero-order valence-electron chi connectivity index (χ0n) is 18.7. The summed E-state index contributed by atoms with van der Waals surface area (Å²) >= 11 is 5.22. The molecule has 1 aromatic heterocycles. The molecule has 0 aliphatic carbocycles. The number of unbranched alkanes of at least 4 members (excludes halogenated alkanes) is 1. The number of carbonyl (C=O) groups excluding carboxylic acids is 2. The maximum atomic E-state index is 12.9. The van der Waals surface area contributed by atoms with Crippen LogP contribution in [0.1, 0.15) is 36.7 Å². The third kappa shape index (κ3) is 5.70. The van der Waals surface area contributed by atoms with Gasteiger partial charge in [-0.05, 0) is 55.0 Å². The van der Waals surface area contributed by atoms with Gasteiger partial charge in [-0.1, -0.05) is 31.5 Å². The first kappa shape index (κ1) is 22.8. The molecule has 3 aromatic rings. The number of thiocarbonyl (C=S) groups is 1. The van der Waals surface area contributed by atoms with Gasteiger partial charge in [0.25, 0.3) is 5.91 Å². The summed E-state index contributed by atoms with van der Waals surface area (Å²) in [6.45, 7) is 4.78. The number of hydrogen-bond acceptors (Lipinski definition) is 5. The third-order valence-corrected chi connectivity index (χ3v) is 5.91. The minimum absolute atomic E-state index is 0.0685. The van der Waals surface area contributed by atoms with Gasteiger partial charge in [0.1, 0.15) is 5.58 Å². The second-order valence-corrected chi connectivity index (χ2v) is 8.49. The van der Waals surface area contributed by atoms with E-state index in [-0.39, 0.29) is 11.8 Å². The van der Waals surface area contributed by atoms with Crippen LogP contribution >= 0.6 is 12.2 Å². The molecule has 4 rings (SSSR count). The second-order valence-electron chi connectivity index (χ2n) is 8.08. The van der Waals surface area contributed by atoms with Crippen molar-refractivity contribution in [3.05, 3.63) is 60.4 Å². The van der Waals surface area contributed by atoms with Crippen molar-refractivity contribution >= 4 is 51.5 Å². The molecule has 0 unspecified atom stereocenters. The van der Waals surface area contributed by atoms with Crippen molar-refractivity contribution in [2.24, 2.45) is 0 Å². The second kappa shape index (κ2) is 10.5. The van der Waals surface area contributed by atoms with Crippen LogP contribution in [0.5, 0.6) is 0 Å². The molecule has 0 spiro atoms. The number of para-hydroxylation sites is 1. The molecule has 2 N–H and O–H groups in total. The highest BCUT2D eigenvalue weighted by Crippen LogP contribution is 2.23. The van der Waals surface area contributed by atoms with Crippen LogP contribution in [-0.4, -0.2) is 48.0 Å². The topological polar surface area (TPSA) is 77.8 Å². The minimum Gasteiger partial charge on any atom is -0.451 e. The van der Waals surface area contributed by atoms with Crippen LogP contribution in [0.25, 0.3) is 11.0 Å². The average Bonchev–Trinajstić information content (AvgIpc) is 3.27. The molecule has 1 aliphatic rings. The van der Waals surface area contributed by atoms with E-state index in [2.05, 4.69) is 15.5 Å². The molecule has 2 amide bonds. The molecule has 1 fully saturated rings. The van der Waals surface area contributed by atoms with Gasteiger partial charge >= 0.3 is 0 Å². The number of amides is 2. The van der Waals surface area contributed by atoms with Crippen molar-refractivity contribution in [1.29, 1.82) is 0 Å². The van der Waals surface area contributed by atoms with E-state index in [1.54, 1.807) is 0 Å². The van der Waals surface area contributed by atoms with Crippen LogP contribution in [-0.2, 0) is 4.79 Å². The van der Waals surface area contributed by atoms with Crippen molar-refractivity contribution in [2.75, 3.05) is 36.4 Å². The van der Waals surface area contributed by atoms with Gasteiger partial charge in [-0.3, -0.25) is 9.59 Å². The van der Waals surface area contributed by atoms with Crippen LogP contribution in [0.4, 0.5) is 11.4 Å². The van der Waals surface area contributed by atoms with E-state index < -0.39 is 0 Å². The Morgan fingerprint density at radius 1 is 1.03 bits per heavy atom. The van der Waals surface area contributed by atoms with E-state index >= 15 is 0 Å². The zero-order chi connectivity index (χ0) is 23.2. The normalized spacial score (nSPS) is 13.7. The Balaban J connectivity index is 1.28. The van der Waals surface area contributed by atoms with Crippen molar-refractivity contribution in [3.63, 3.8) is 0 Å². The zero-order valence-corrected chi connectivity index (χ0v) is 19.5. The van der Waals surface area contributed by atoms with Gasteiger partial charge in [0, 0.05) is 49.4 Å². The predicted molar refractivity (Wildman–Crippen MR) is 135 cm³/mol. The molecule has 2 heterocycles. The predicted octanol–water partition coefficient (Wildman–Crippen LogP) is 4.40. The van der Waals surface area contributed by atoms with Gasteiger partial charge in [0.2, 0.25) is 5.91 Å². The molecule has 2 aromatic carbocycles. The number of piperazine rings is 1. The van der Waals surface area contributed by atoms with Gasteiger partial charge in [0.15, 0.2) is 10.9 Å². The van der Waals surface area contributed by atoms with E-state index in [1.807, 2.05) is 66.4 Å². The Morgan fingerprint density at radius 2 is 1.76 bits per heavy atom. The van der Waals surface area contributed by atoms with Gasteiger partial charge in [0.05, 0.1) is 0 Å². The van der Waals surface area contributed by atoms with Crippen LogP contribution in [0.2, 0.25) is 0 Å². The minimum atomic E-state index is -0.0695. The molecular formula is C25H28N4O3S. The number of benzene rings is 2. The van der Waals surface area contributed by atoms with Gasteiger partial charge < -0.3 is 24.9 Å². The Hall–Kier alpha value is -3.39. The highest BCUT2D eigenvalue weighted by molar-refractivity contribution is 7.80. The van der Waals surface area contributed by atoms with E-state index in [1.165, 1.54) is 0 Å². The Morgan fingerprint density at radius 3 is 2.45 bits per heavy atom. The monoisotopic (exact) mass is 464 g/mol. The van der Waals surface area contributed by atoms with Crippen molar-refractivity contribution in [2.45, 2.75) is 26.2 Å². The summed E-state index contributed by atoms with van der Waals surface area (Å²) in [5.74, 6) is 0.249. The number of nitrogens with zero attached hydrogens (tertiary/aromatic N) is 2. The summed E-state index contributed by atoms with van der Waals surface area (Å²) in [5, 5.41) is 7.00. The van der Waals surface area contributed by atoms with Gasteiger partial charge in [-0.15, -0.1) is 0 Å². The number of nitrogens with one attached hydrogen (secondary N) is 2. The highest BCUT2D eigenvalue weighted by Gasteiger charge is 2.24. The lowest BCUT2D eigenvalue weighted by atomic mass is 10.2. The fraction of sp³-hybridized carbons (Fsp3) is 0.320.